The van der Waals surface area contributed by atoms with Gasteiger partial charge in [-0.05, 0) is 50.5 Å². The molecule has 0 bridgehead atoms. The quantitative estimate of drug-likeness (QED) is 0.750. The monoisotopic (exact) mass is 246 g/mol. The summed E-state index contributed by atoms with van der Waals surface area (Å²) in [5.41, 5.74) is 1.86. The maximum atomic E-state index is 12.3. The number of rotatable bonds is 4. The van der Waals surface area contributed by atoms with Crippen LogP contribution in [0.3, 0.4) is 0 Å². The molecule has 0 spiro atoms. The lowest BCUT2D eigenvalue weighted by Gasteiger charge is -2.16. The van der Waals surface area contributed by atoms with Crippen molar-refractivity contribution in [3.63, 3.8) is 0 Å². The van der Waals surface area contributed by atoms with Crippen molar-refractivity contribution >= 4 is 5.78 Å². The molecular weight excluding hydrogens is 224 g/mol. The van der Waals surface area contributed by atoms with Crippen molar-refractivity contribution in [2.75, 3.05) is 0 Å². The number of fused-ring (bicyclic) bond motifs is 1. The van der Waals surface area contributed by atoms with E-state index in [-0.39, 0.29) is 17.3 Å². The molecule has 0 unspecified atom stereocenters. The fraction of sp³-hybridized carbons (Fsp3) is 0.562. The maximum absolute atomic E-state index is 12.3. The van der Waals surface area contributed by atoms with Crippen LogP contribution in [0.25, 0.3) is 0 Å². The summed E-state index contributed by atoms with van der Waals surface area (Å²) in [5.74, 6) is 1.35. The van der Waals surface area contributed by atoms with Crippen molar-refractivity contribution in [1.29, 1.82) is 0 Å². The molecule has 2 rings (SSSR count). The van der Waals surface area contributed by atoms with Gasteiger partial charge in [-0.15, -0.1) is 0 Å². The smallest absolute Gasteiger partial charge is 0.165 e. The van der Waals surface area contributed by atoms with E-state index in [4.69, 9.17) is 4.74 Å². The van der Waals surface area contributed by atoms with E-state index < -0.39 is 0 Å². The zero-order valence-corrected chi connectivity index (χ0v) is 11.7. The van der Waals surface area contributed by atoms with Crippen LogP contribution in [0.15, 0.2) is 18.2 Å². The number of benzene rings is 1. The van der Waals surface area contributed by atoms with Crippen molar-refractivity contribution in [2.24, 2.45) is 5.92 Å². The molecule has 0 fully saturated rings. The SMILES string of the molecule is CCC(CC)C(=O)c1ccc2c(c1)CC(C)(C)O2. The first-order valence-corrected chi connectivity index (χ1v) is 6.83. The lowest BCUT2D eigenvalue weighted by Crippen LogP contribution is -2.24. The van der Waals surface area contributed by atoms with Gasteiger partial charge in [-0.1, -0.05) is 13.8 Å². The van der Waals surface area contributed by atoms with Crippen molar-refractivity contribution in [2.45, 2.75) is 52.6 Å². The third-order valence-electron chi connectivity index (χ3n) is 3.70. The van der Waals surface area contributed by atoms with E-state index in [1.54, 1.807) is 0 Å². The van der Waals surface area contributed by atoms with Crippen LogP contribution in [-0.4, -0.2) is 11.4 Å². The summed E-state index contributed by atoms with van der Waals surface area (Å²) < 4.78 is 5.83. The Morgan fingerprint density at radius 3 is 2.61 bits per heavy atom. The molecule has 1 heterocycles. The van der Waals surface area contributed by atoms with Gasteiger partial charge in [0.15, 0.2) is 5.78 Å². The van der Waals surface area contributed by atoms with E-state index in [1.165, 1.54) is 0 Å². The third kappa shape index (κ3) is 2.43. The van der Waals surface area contributed by atoms with Gasteiger partial charge in [-0.25, -0.2) is 0 Å². The summed E-state index contributed by atoms with van der Waals surface area (Å²) >= 11 is 0. The van der Waals surface area contributed by atoms with Gasteiger partial charge in [0.25, 0.3) is 0 Å². The first kappa shape index (κ1) is 13.1. The highest BCUT2D eigenvalue weighted by Crippen LogP contribution is 2.35. The molecule has 1 aliphatic rings. The van der Waals surface area contributed by atoms with E-state index in [9.17, 15) is 4.79 Å². The Morgan fingerprint density at radius 1 is 1.33 bits per heavy atom. The molecule has 0 aromatic heterocycles. The molecule has 0 atom stereocenters. The Bertz CT molecular complexity index is 456. The molecule has 1 aromatic carbocycles. The molecular formula is C16H22O2. The summed E-state index contributed by atoms with van der Waals surface area (Å²) in [7, 11) is 0. The van der Waals surface area contributed by atoms with Crippen molar-refractivity contribution in [3.05, 3.63) is 29.3 Å². The minimum Gasteiger partial charge on any atom is -0.487 e. The first-order chi connectivity index (χ1) is 8.46. The zero-order chi connectivity index (χ0) is 13.3. The highest BCUT2D eigenvalue weighted by Gasteiger charge is 2.30. The van der Waals surface area contributed by atoms with Crippen LogP contribution in [-0.2, 0) is 6.42 Å². The van der Waals surface area contributed by atoms with Crippen molar-refractivity contribution < 1.29 is 9.53 Å². The zero-order valence-electron chi connectivity index (χ0n) is 11.7. The number of hydrogen-bond donors (Lipinski definition) is 0. The summed E-state index contributed by atoms with van der Waals surface area (Å²) in [6.45, 7) is 8.31. The maximum Gasteiger partial charge on any atom is 0.165 e. The summed E-state index contributed by atoms with van der Waals surface area (Å²) in [6, 6.07) is 5.87. The van der Waals surface area contributed by atoms with Crippen LogP contribution in [0.2, 0.25) is 0 Å². The fourth-order valence-corrected chi connectivity index (χ4v) is 2.66. The van der Waals surface area contributed by atoms with E-state index in [0.717, 1.165) is 36.1 Å². The number of Topliss-reactive ketones (excluding diaryl/α,β-unsaturated/α-hetero) is 1. The van der Waals surface area contributed by atoms with Crippen LogP contribution >= 0.6 is 0 Å². The molecule has 98 valence electrons. The van der Waals surface area contributed by atoms with Gasteiger partial charge in [0.1, 0.15) is 11.4 Å². The first-order valence-electron chi connectivity index (χ1n) is 6.83. The van der Waals surface area contributed by atoms with Crippen LogP contribution < -0.4 is 4.74 Å². The summed E-state index contributed by atoms with van der Waals surface area (Å²) in [4.78, 5) is 12.3. The van der Waals surface area contributed by atoms with E-state index >= 15 is 0 Å². The lowest BCUT2D eigenvalue weighted by atomic mass is 9.91. The summed E-state index contributed by atoms with van der Waals surface area (Å²) in [5, 5.41) is 0. The van der Waals surface area contributed by atoms with Crippen LogP contribution in [0, 0.1) is 5.92 Å². The number of carbonyl (C=O) groups is 1. The second-order valence-corrected chi connectivity index (χ2v) is 5.74. The largest absolute Gasteiger partial charge is 0.487 e. The van der Waals surface area contributed by atoms with Gasteiger partial charge < -0.3 is 4.74 Å². The minimum absolute atomic E-state index is 0.140. The predicted molar refractivity (Wildman–Crippen MR) is 73.3 cm³/mol. The van der Waals surface area contributed by atoms with Gasteiger partial charge in [0.05, 0.1) is 0 Å². The summed E-state index contributed by atoms with van der Waals surface area (Å²) in [6.07, 6.45) is 2.70. The van der Waals surface area contributed by atoms with Gasteiger partial charge in [-0.3, -0.25) is 4.79 Å². The predicted octanol–water partition coefficient (Wildman–Crippen LogP) is 4.02. The Labute approximate surface area is 109 Å². The molecule has 2 nitrogen and oxygen atoms in total. The standard InChI is InChI=1S/C16H22O2/c1-5-11(6-2)15(17)12-7-8-14-13(9-12)10-16(3,4)18-14/h7-9,11H,5-6,10H2,1-4H3. The third-order valence-corrected chi connectivity index (χ3v) is 3.70. The molecule has 1 aromatic rings. The highest BCUT2D eigenvalue weighted by atomic mass is 16.5. The van der Waals surface area contributed by atoms with Crippen LogP contribution in [0.1, 0.15) is 56.5 Å². The molecule has 0 saturated heterocycles. The topological polar surface area (TPSA) is 26.3 Å². The minimum atomic E-state index is -0.140. The van der Waals surface area contributed by atoms with Crippen LogP contribution in [0.5, 0.6) is 5.75 Å². The lowest BCUT2D eigenvalue weighted by molar-refractivity contribution is 0.0913. The molecule has 1 aliphatic heterocycles. The number of hydrogen-bond acceptors (Lipinski definition) is 2. The normalized spacial score (nSPS) is 16.5. The second kappa shape index (κ2) is 4.75. The fourth-order valence-electron chi connectivity index (χ4n) is 2.66. The number of ketones is 1. The second-order valence-electron chi connectivity index (χ2n) is 5.74. The Balaban J connectivity index is 2.26. The average Bonchev–Trinajstić information content (AvgIpc) is 2.63. The van der Waals surface area contributed by atoms with E-state index in [2.05, 4.69) is 27.7 Å². The molecule has 0 aliphatic carbocycles. The van der Waals surface area contributed by atoms with Crippen molar-refractivity contribution in [1.82, 2.24) is 0 Å². The average molecular weight is 246 g/mol. The Morgan fingerprint density at radius 2 is 2.00 bits per heavy atom. The molecule has 2 heteroatoms. The molecule has 0 saturated carbocycles. The van der Waals surface area contributed by atoms with Crippen molar-refractivity contribution in [3.8, 4) is 5.75 Å². The number of ether oxygens (including phenoxy) is 1. The van der Waals surface area contributed by atoms with E-state index in [0.29, 0.717) is 0 Å². The highest BCUT2D eigenvalue weighted by molar-refractivity contribution is 5.98. The Kier molecular flexibility index (Phi) is 3.47. The van der Waals surface area contributed by atoms with Gasteiger partial charge in [0.2, 0.25) is 0 Å². The van der Waals surface area contributed by atoms with Gasteiger partial charge >= 0.3 is 0 Å². The molecule has 0 amide bonds. The van der Waals surface area contributed by atoms with E-state index in [1.807, 2.05) is 18.2 Å². The Hall–Kier alpha value is -1.31. The van der Waals surface area contributed by atoms with Gasteiger partial charge in [0, 0.05) is 17.9 Å². The van der Waals surface area contributed by atoms with Gasteiger partial charge in [-0.2, -0.15) is 0 Å². The van der Waals surface area contributed by atoms with Crippen LogP contribution in [0.4, 0.5) is 0 Å². The number of carbonyl (C=O) groups excluding carboxylic acids is 1. The molecule has 18 heavy (non-hydrogen) atoms. The molecule has 0 N–H and O–H groups in total. The molecule has 0 radical (unpaired) electrons.